The summed E-state index contributed by atoms with van der Waals surface area (Å²) >= 11 is 0.110. The van der Waals surface area contributed by atoms with Crippen LogP contribution in [-0.2, 0) is 0 Å². The molecule has 1 aliphatic rings. The fraction of sp³-hybridized carbons (Fsp3) is 0.125. The van der Waals surface area contributed by atoms with Gasteiger partial charge < -0.3 is 0 Å². The molecule has 0 unspecified atom stereocenters. The third kappa shape index (κ3) is 0.963. The van der Waals surface area contributed by atoms with E-state index in [1.807, 2.05) is 6.07 Å². The van der Waals surface area contributed by atoms with Gasteiger partial charge in [-0.1, -0.05) is 0 Å². The van der Waals surface area contributed by atoms with Gasteiger partial charge in [-0.05, 0) is 0 Å². The number of fused-ring (bicyclic) bond motifs is 1. The van der Waals surface area contributed by atoms with Crippen LogP contribution in [0.5, 0.6) is 0 Å². The summed E-state index contributed by atoms with van der Waals surface area (Å²) in [6.07, 6.45) is 0. The van der Waals surface area contributed by atoms with Crippen LogP contribution in [0.1, 0.15) is 6.92 Å². The summed E-state index contributed by atoms with van der Waals surface area (Å²) in [4.78, 5) is 4.42. The Morgan fingerprint density at radius 3 is 2.90 bits per heavy atom. The Bertz CT molecular complexity index is 291. The summed E-state index contributed by atoms with van der Waals surface area (Å²) in [6.45, 7) is 2.12. The Kier molecular flexibility index (Phi) is 1.48. The van der Waals surface area contributed by atoms with Crippen LogP contribution in [0.3, 0.4) is 0 Å². The molecule has 0 spiro atoms. The average molecular weight is 244 g/mol. The van der Waals surface area contributed by atoms with Crippen molar-refractivity contribution in [3.05, 3.63) is 27.8 Å². The van der Waals surface area contributed by atoms with Gasteiger partial charge in [-0.15, -0.1) is 0 Å². The zero-order chi connectivity index (χ0) is 6.97. The number of hydrogen-bond donors (Lipinski definition) is 0. The van der Waals surface area contributed by atoms with Gasteiger partial charge in [-0.2, -0.15) is 0 Å². The van der Waals surface area contributed by atoms with Crippen molar-refractivity contribution in [3.8, 4) is 0 Å². The molecule has 0 aromatic heterocycles. The standard InChI is InChI=1S/C8H7IN/c1-6-9-7-4-2-3-5-8(7)10-6/h2-5H,1H3/q-1. The topological polar surface area (TPSA) is 12.4 Å². The second-order valence-corrected chi connectivity index (χ2v) is 5.42. The predicted octanol–water partition coefficient (Wildman–Crippen LogP) is -0.991. The number of benzene rings is 1. The second-order valence-electron chi connectivity index (χ2n) is 2.15. The molecule has 0 saturated carbocycles. The quantitative estimate of drug-likeness (QED) is 0.519. The van der Waals surface area contributed by atoms with Crippen molar-refractivity contribution in [2.24, 2.45) is 4.99 Å². The van der Waals surface area contributed by atoms with E-state index in [1.54, 1.807) is 0 Å². The van der Waals surface area contributed by atoms with Crippen LogP contribution in [0.15, 0.2) is 29.3 Å². The molecule has 0 aliphatic carbocycles. The first-order valence-corrected chi connectivity index (χ1v) is 5.31. The van der Waals surface area contributed by atoms with E-state index in [2.05, 4.69) is 30.1 Å². The Morgan fingerprint density at radius 2 is 2.10 bits per heavy atom. The van der Waals surface area contributed by atoms with E-state index in [-0.39, 0.29) is 21.2 Å². The number of rotatable bonds is 0. The summed E-state index contributed by atoms with van der Waals surface area (Å²) in [5.41, 5.74) is 1.20. The van der Waals surface area contributed by atoms with Crippen LogP contribution in [0.4, 0.5) is 5.69 Å². The molecule has 1 nitrogen and oxygen atoms in total. The van der Waals surface area contributed by atoms with E-state index in [9.17, 15) is 0 Å². The van der Waals surface area contributed by atoms with Gasteiger partial charge in [0.1, 0.15) is 0 Å². The molecule has 2 rings (SSSR count). The van der Waals surface area contributed by atoms with Gasteiger partial charge in [0, 0.05) is 0 Å². The third-order valence-corrected chi connectivity index (χ3v) is 3.88. The van der Waals surface area contributed by atoms with E-state index in [0.717, 1.165) is 0 Å². The van der Waals surface area contributed by atoms with E-state index in [4.69, 9.17) is 0 Å². The van der Waals surface area contributed by atoms with Crippen LogP contribution in [0.25, 0.3) is 0 Å². The Balaban J connectivity index is 2.54. The molecule has 1 aromatic carbocycles. The maximum absolute atomic E-state index is 4.42. The summed E-state index contributed by atoms with van der Waals surface area (Å²) in [7, 11) is 0. The minimum atomic E-state index is 0.110. The van der Waals surface area contributed by atoms with Crippen molar-refractivity contribution < 1.29 is 21.2 Å². The van der Waals surface area contributed by atoms with Crippen molar-refractivity contribution >= 4 is 9.41 Å². The van der Waals surface area contributed by atoms with Gasteiger partial charge in [0.25, 0.3) is 0 Å². The maximum atomic E-state index is 4.42. The van der Waals surface area contributed by atoms with Crippen molar-refractivity contribution in [1.82, 2.24) is 0 Å². The van der Waals surface area contributed by atoms with E-state index >= 15 is 0 Å². The molecule has 10 heavy (non-hydrogen) atoms. The summed E-state index contributed by atoms with van der Waals surface area (Å²) < 4.78 is 2.80. The minimum absolute atomic E-state index is 0.110. The summed E-state index contributed by atoms with van der Waals surface area (Å²) in [6, 6.07) is 8.41. The Hall–Kier alpha value is -0.380. The molecule has 52 valence electrons. The van der Waals surface area contributed by atoms with Gasteiger partial charge in [-0.3, -0.25) is 0 Å². The van der Waals surface area contributed by atoms with Gasteiger partial charge in [0.05, 0.1) is 0 Å². The molecule has 0 radical (unpaired) electrons. The molecule has 0 atom stereocenters. The second kappa shape index (κ2) is 2.34. The van der Waals surface area contributed by atoms with Crippen LogP contribution >= 0.6 is 0 Å². The number of hydrogen-bond acceptors (Lipinski definition) is 1. The Morgan fingerprint density at radius 1 is 1.30 bits per heavy atom. The van der Waals surface area contributed by atoms with Crippen molar-refractivity contribution in [2.75, 3.05) is 0 Å². The molecule has 0 bridgehead atoms. The van der Waals surface area contributed by atoms with E-state index in [0.29, 0.717) is 0 Å². The fourth-order valence-electron chi connectivity index (χ4n) is 0.957. The number of nitrogens with zero attached hydrogens (tertiary/aromatic N) is 1. The summed E-state index contributed by atoms with van der Waals surface area (Å²) in [5, 5.41) is 0. The SMILES string of the molecule is CC1=Nc2ccccc2[I-]1. The van der Waals surface area contributed by atoms with Crippen LogP contribution in [-0.4, -0.2) is 3.72 Å². The summed E-state index contributed by atoms with van der Waals surface area (Å²) in [5.74, 6) is 0. The predicted molar refractivity (Wildman–Crippen MR) is 37.9 cm³/mol. The third-order valence-electron chi connectivity index (χ3n) is 1.37. The molecule has 1 aromatic rings. The molecule has 0 fully saturated rings. The molecular weight excluding hydrogens is 237 g/mol. The number of para-hydroxylation sites is 1. The van der Waals surface area contributed by atoms with Crippen molar-refractivity contribution in [2.45, 2.75) is 6.92 Å². The zero-order valence-corrected chi connectivity index (χ0v) is 7.79. The fourth-order valence-corrected chi connectivity index (χ4v) is 3.14. The molecule has 2 heteroatoms. The Labute approximate surface area is 70.4 Å². The van der Waals surface area contributed by atoms with Gasteiger partial charge in [-0.25, -0.2) is 0 Å². The molecule has 0 amide bonds. The number of aliphatic imine (C=N–C) groups is 1. The first-order valence-electron chi connectivity index (χ1n) is 3.15. The normalized spacial score (nSPS) is 15.5. The van der Waals surface area contributed by atoms with Crippen LogP contribution in [0, 0.1) is 3.57 Å². The van der Waals surface area contributed by atoms with Crippen LogP contribution < -0.4 is 21.2 Å². The molecular formula is C8H7IN-. The first kappa shape index (κ1) is 6.34. The average Bonchev–Trinajstić information content (AvgIpc) is 2.27. The monoisotopic (exact) mass is 244 g/mol. The van der Waals surface area contributed by atoms with Gasteiger partial charge in [0.2, 0.25) is 0 Å². The number of halogens is 1. The van der Waals surface area contributed by atoms with Crippen LogP contribution in [0.2, 0.25) is 0 Å². The van der Waals surface area contributed by atoms with Gasteiger partial charge in [0.15, 0.2) is 0 Å². The van der Waals surface area contributed by atoms with E-state index in [1.165, 1.54) is 13.0 Å². The molecule has 1 heterocycles. The molecule has 0 N–H and O–H groups in total. The van der Waals surface area contributed by atoms with Crippen molar-refractivity contribution in [1.29, 1.82) is 0 Å². The zero-order valence-electron chi connectivity index (χ0n) is 5.63. The van der Waals surface area contributed by atoms with E-state index < -0.39 is 0 Å². The molecule has 0 saturated heterocycles. The van der Waals surface area contributed by atoms with Crippen molar-refractivity contribution in [3.63, 3.8) is 0 Å². The first-order chi connectivity index (χ1) is 4.86. The van der Waals surface area contributed by atoms with Gasteiger partial charge >= 0.3 is 70.4 Å². The molecule has 1 aliphatic heterocycles.